The minimum Gasteiger partial charge on any atom is -0.307 e. The van der Waals surface area contributed by atoms with E-state index in [1.54, 1.807) is 17.1 Å². The second-order valence-corrected chi connectivity index (χ2v) is 10.5. The molecule has 2 heterocycles. The van der Waals surface area contributed by atoms with Crippen molar-refractivity contribution in [1.82, 2.24) is 14.8 Å². The van der Waals surface area contributed by atoms with Gasteiger partial charge >= 0.3 is 6.03 Å². The molecule has 39 heavy (non-hydrogen) atoms. The quantitative estimate of drug-likeness (QED) is 0.248. The van der Waals surface area contributed by atoms with E-state index in [4.69, 9.17) is 5.10 Å². The highest BCUT2D eigenvalue weighted by Gasteiger charge is 2.21. The van der Waals surface area contributed by atoms with Gasteiger partial charge < -0.3 is 5.32 Å². The third-order valence-corrected chi connectivity index (χ3v) is 6.44. The molecule has 2 amide bonds. The molecule has 2 aromatic heterocycles. The van der Waals surface area contributed by atoms with Gasteiger partial charge in [-0.15, -0.1) is 0 Å². The molecule has 0 spiro atoms. The maximum absolute atomic E-state index is 13.2. The summed E-state index contributed by atoms with van der Waals surface area (Å²) in [6.45, 7) is 8.35. The summed E-state index contributed by atoms with van der Waals surface area (Å²) >= 11 is 0. The van der Waals surface area contributed by atoms with Crippen LogP contribution in [-0.4, -0.2) is 20.8 Å². The van der Waals surface area contributed by atoms with Gasteiger partial charge in [0.1, 0.15) is 5.82 Å². The average molecular weight is 514 g/mol. The molecule has 6 nitrogen and oxygen atoms in total. The standard InChI is InChI=1S/C33H31N5O/c1-23-12-15-26(16-13-23)38-31(22-30(37-38)33(2,3)4)36-32(39)35-29-17-14-25(27-10-5-6-11-28(27)29)9-7-8-24-18-20-34-21-19-24/h5-6,10-22H,8H2,1-4H3,(H2,35,36,39). The van der Waals surface area contributed by atoms with Gasteiger partial charge in [-0.05, 0) is 54.3 Å². The van der Waals surface area contributed by atoms with E-state index in [0.29, 0.717) is 17.9 Å². The topological polar surface area (TPSA) is 71.8 Å². The second kappa shape index (κ2) is 10.8. The average Bonchev–Trinajstić information content (AvgIpc) is 3.35. The Bertz CT molecular complexity index is 1680. The smallest absolute Gasteiger partial charge is 0.307 e. The van der Waals surface area contributed by atoms with Crippen LogP contribution in [0.1, 0.15) is 43.2 Å². The van der Waals surface area contributed by atoms with Crippen molar-refractivity contribution >= 4 is 28.3 Å². The number of hydrogen-bond donors (Lipinski definition) is 2. The number of nitrogens with one attached hydrogen (secondary N) is 2. The summed E-state index contributed by atoms with van der Waals surface area (Å²) < 4.78 is 1.78. The molecule has 0 saturated carbocycles. The lowest BCUT2D eigenvalue weighted by Gasteiger charge is -2.14. The molecule has 0 atom stereocenters. The van der Waals surface area contributed by atoms with Crippen molar-refractivity contribution in [2.24, 2.45) is 0 Å². The Morgan fingerprint density at radius 3 is 2.33 bits per heavy atom. The van der Waals surface area contributed by atoms with E-state index in [-0.39, 0.29) is 11.4 Å². The molecule has 6 heteroatoms. The van der Waals surface area contributed by atoms with Crippen LogP contribution in [0.15, 0.2) is 91.3 Å². The normalized spacial score (nSPS) is 11.1. The molecule has 194 valence electrons. The van der Waals surface area contributed by atoms with Crippen LogP contribution in [0.4, 0.5) is 16.3 Å². The second-order valence-electron chi connectivity index (χ2n) is 10.5. The van der Waals surface area contributed by atoms with E-state index in [0.717, 1.165) is 38.8 Å². The fourth-order valence-corrected chi connectivity index (χ4v) is 4.25. The Morgan fingerprint density at radius 1 is 0.897 bits per heavy atom. The minimum absolute atomic E-state index is 0.173. The number of aryl methyl sites for hydroxylation is 1. The first-order chi connectivity index (χ1) is 18.8. The van der Waals surface area contributed by atoms with Gasteiger partial charge in [-0.1, -0.05) is 74.6 Å². The number of nitrogens with zero attached hydrogens (tertiary/aromatic N) is 3. The summed E-state index contributed by atoms with van der Waals surface area (Å²) in [6, 6.07) is 25.4. The van der Waals surface area contributed by atoms with Crippen LogP contribution in [-0.2, 0) is 11.8 Å². The zero-order valence-corrected chi connectivity index (χ0v) is 22.6. The van der Waals surface area contributed by atoms with E-state index < -0.39 is 0 Å². The van der Waals surface area contributed by atoms with Crippen LogP contribution < -0.4 is 10.6 Å². The summed E-state index contributed by atoms with van der Waals surface area (Å²) in [7, 11) is 0. The molecule has 5 rings (SSSR count). The molecule has 5 aromatic rings. The summed E-state index contributed by atoms with van der Waals surface area (Å²) in [5.41, 5.74) is 5.50. The van der Waals surface area contributed by atoms with Crippen LogP contribution in [0.25, 0.3) is 16.5 Å². The molecule has 0 radical (unpaired) electrons. The predicted octanol–water partition coefficient (Wildman–Crippen LogP) is 7.26. The van der Waals surface area contributed by atoms with Gasteiger partial charge in [-0.25, -0.2) is 9.48 Å². The number of rotatable bonds is 4. The number of aromatic nitrogens is 3. The number of carbonyl (C=O) groups excluding carboxylic acids is 1. The minimum atomic E-state index is -0.342. The fraction of sp³-hybridized carbons (Fsp3) is 0.182. The van der Waals surface area contributed by atoms with Crippen molar-refractivity contribution in [2.45, 2.75) is 39.5 Å². The third-order valence-electron chi connectivity index (χ3n) is 6.44. The zero-order chi connectivity index (χ0) is 27.4. The van der Waals surface area contributed by atoms with E-state index in [1.165, 1.54) is 0 Å². The Balaban J connectivity index is 1.40. The Hall–Kier alpha value is -4.89. The molecule has 2 N–H and O–H groups in total. The number of urea groups is 1. The lowest BCUT2D eigenvalue weighted by Crippen LogP contribution is -2.21. The first-order valence-electron chi connectivity index (χ1n) is 12.9. The molecule has 0 aliphatic carbocycles. The maximum Gasteiger partial charge on any atom is 0.324 e. The SMILES string of the molecule is Cc1ccc(-n2nc(C(C)(C)C)cc2NC(=O)Nc2ccc(C#CCc3ccncc3)c3ccccc23)cc1. The number of anilines is 2. The summed E-state index contributed by atoms with van der Waals surface area (Å²) in [5.74, 6) is 7.15. The molecule has 0 aliphatic heterocycles. The van der Waals surface area contributed by atoms with E-state index in [9.17, 15) is 4.79 Å². The first-order valence-corrected chi connectivity index (χ1v) is 12.9. The van der Waals surface area contributed by atoms with Gasteiger partial charge in [0, 0.05) is 41.2 Å². The summed E-state index contributed by atoms with van der Waals surface area (Å²) in [4.78, 5) is 17.3. The van der Waals surface area contributed by atoms with Crippen LogP contribution in [0.5, 0.6) is 0 Å². The van der Waals surface area contributed by atoms with Gasteiger partial charge in [-0.3, -0.25) is 10.3 Å². The van der Waals surface area contributed by atoms with Crippen molar-refractivity contribution in [1.29, 1.82) is 0 Å². The number of hydrogen-bond acceptors (Lipinski definition) is 3. The first kappa shape index (κ1) is 25.7. The molecule has 0 aliphatic rings. The Labute approximate surface area is 229 Å². The van der Waals surface area contributed by atoms with Gasteiger partial charge in [0.15, 0.2) is 0 Å². The van der Waals surface area contributed by atoms with Crippen LogP contribution >= 0.6 is 0 Å². The summed E-state index contributed by atoms with van der Waals surface area (Å²) in [5, 5.41) is 12.8. The third kappa shape index (κ3) is 6.00. The Morgan fingerprint density at radius 2 is 1.62 bits per heavy atom. The highest BCUT2D eigenvalue weighted by Crippen LogP contribution is 2.28. The number of fused-ring (bicyclic) bond motifs is 1. The lowest BCUT2D eigenvalue weighted by molar-refractivity contribution is 0.262. The number of benzene rings is 3. The molecule has 0 saturated heterocycles. The van der Waals surface area contributed by atoms with Gasteiger partial charge in [-0.2, -0.15) is 5.10 Å². The fourth-order valence-electron chi connectivity index (χ4n) is 4.25. The Kier molecular flexibility index (Phi) is 7.16. The number of carbonyl (C=O) groups is 1. The largest absolute Gasteiger partial charge is 0.324 e. The highest BCUT2D eigenvalue weighted by atomic mass is 16.2. The molecule has 0 bridgehead atoms. The van der Waals surface area contributed by atoms with Crippen molar-refractivity contribution < 1.29 is 4.79 Å². The molecule has 3 aromatic carbocycles. The van der Waals surface area contributed by atoms with Crippen molar-refractivity contribution in [3.63, 3.8) is 0 Å². The molecular weight excluding hydrogens is 482 g/mol. The van der Waals surface area contributed by atoms with Crippen LogP contribution in [0.2, 0.25) is 0 Å². The molecule has 0 fully saturated rings. The van der Waals surface area contributed by atoms with Crippen LogP contribution in [0, 0.1) is 18.8 Å². The van der Waals surface area contributed by atoms with E-state index in [2.05, 4.69) is 48.2 Å². The van der Waals surface area contributed by atoms with Crippen LogP contribution in [0.3, 0.4) is 0 Å². The highest BCUT2D eigenvalue weighted by molar-refractivity contribution is 6.07. The zero-order valence-electron chi connectivity index (χ0n) is 22.6. The predicted molar refractivity (Wildman–Crippen MR) is 158 cm³/mol. The van der Waals surface area contributed by atoms with E-state index >= 15 is 0 Å². The van der Waals surface area contributed by atoms with Gasteiger partial charge in [0.25, 0.3) is 0 Å². The van der Waals surface area contributed by atoms with Gasteiger partial charge in [0.2, 0.25) is 0 Å². The molecular formula is C33H31N5O. The van der Waals surface area contributed by atoms with Crippen molar-refractivity contribution in [3.05, 3.63) is 114 Å². The number of amides is 2. The lowest BCUT2D eigenvalue weighted by atomic mass is 9.92. The van der Waals surface area contributed by atoms with Crippen molar-refractivity contribution in [2.75, 3.05) is 10.6 Å². The van der Waals surface area contributed by atoms with Crippen molar-refractivity contribution in [3.8, 4) is 17.5 Å². The molecule has 0 unspecified atom stereocenters. The van der Waals surface area contributed by atoms with E-state index in [1.807, 2.05) is 85.8 Å². The number of pyridine rings is 1. The maximum atomic E-state index is 13.2. The summed E-state index contributed by atoms with van der Waals surface area (Å²) in [6.07, 6.45) is 4.19. The van der Waals surface area contributed by atoms with Gasteiger partial charge in [0.05, 0.1) is 17.1 Å². The monoisotopic (exact) mass is 513 g/mol.